The summed E-state index contributed by atoms with van der Waals surface area (Å²) in [6.45, 7) is 15.6. The number of hydrogen-bond acceptors (Lipinski definition) is 2. The maximum Gasteiger partial charge on any atom is 0.223 e. The lowest BCUT2D eigenvalue weighted by Crippen LogP contribution is -2.44. The van der Waals surface area contributed by atoms with E-state index in [2.05, 4.69) is 24.1 Å². The number of carbonyl (C=O) groups excluding carboxylic acids is 1. The number of hydrogen-bond donors (Lipinski definition) is 1. The van der Waals surface area contributed by atoms with Crippen LogP contribution >= 0.6 is 0 Å². The molecule has 0 bridgehead atoms. The van der Waals surface area contributed by atoms with Crippen LogP contribution in [0, 0.1) is 17.3 Å². The molecule has 1 saturated heterocycles. The molecule has 1 aliphatic heterocycles. The predicted octanol–water partition coefficient (Wildman–Crippen LogP) is 5.20. The van der Waals surface area contributed by atoms with Crippen molar-refractivity contribution in [3.05, 3.63) is 0 Å². The number of halogens is 1. The van der Waals surface area contributed by atoms with Gasteiger partial charge in [0.2, 0.25) is 5.91 Å². The Kier molecular flexibility index (Phi) is 9.57. The molecule has 3 nitrogen and oxygen atoms in total. The summed E-state index contributed by atoms with van der Waals surface area (Å²) in [6, 6.07) is 0. The average Bonchev–Trinajstić information content (AvgIpc) is 3.07. The summed E-state index contributed by atoms with van der Waals surface area (Å²) < 4.78 is 13.9. The highest BCUT2D eigenvalue weighted by Gasteiger charge is 2.31. The van der Waals surface area contributed by atoms with E-state index in [9.17, 15) is 9.18 Å². The maximum atomic E-state index is 13.9. The number of nitrogens with zero attached hydrogens (tertiary/aromatic N) is 1. The third-order valence-corrected chi connectivity index (χ3v) is 5.55. The molecule has 4 heteroatoms. The molecule has 1 heterocycles. The van der Waals surface area contributed by atoms with E-state index in [0.29, 0.717) is 12.3 Å². The Morgan fingerprint density at radius 1 is 1.04 bits per heavy atom. The van der Waals surface area contributed by atoms with Crippen LogP contribution in [0.5, 0.6) is 0 Å². The minimum absolute atomic E-state index is 0.00176. The van der Waals surface area contributed by atoms with Crippen molar-refractivity contribution in [2.75, 3.05) is 26.2 Å². The zero-order valence-electron chi connectivity index (χ0n) is 18.2. The summed E-state index contributed by atoms with van der Waals surface area (Å²) in [5.74, 6) is 1.16. The van der Waals surface area contributed by atoms with Crippen molar-refractivity contribution in [3.8, 4) is 0 Å². The molecule has 0 aromatic heterocycles. The quantitative estimate of drug-likeness (QED) is 0.668. The number of likely N-dealkylation sites (tertiary alicyclic amines) is 1. The summed E-state index contributed by atoms with van der Waals surface area (Å²) in [5.41, 5.74) is -1.10. The smallest absolute Gasteiger partial charge is 0.223 e. The summed E-state index contributed by atoms with van der Waals surface area (Å²) in [6.07, 6.45) is 7.44. The molecule has 26 heavy (non-hydrogen) atoms. The fraction of sp³-hybridized carbons (Fsp3) is 0.955. The van der Waals surface area contributed by atoms with Crippen LogP contribution in [0.1, 0.15) is 86.5 Å². The van der Waals surface area contributed by atoms with Crippen molar-refractivity contribution in [1.29, 1.82) is 0 Å². The van der Waals surface area contributed by atoms with Gasteiger partial charge in [0.15, 0.2) is 0 Å². The minimum Gasteiger partial charge on any atom is -0.356 e. The van der Waals surface area contributed by atoms with Crippen molar-refractivity contribution in [2.24, 2.45) is 17.3 Å². The van der Waals surface area contributed by atoms with Gasteiger partial charge in [0.1, 0.15) is 5.67 Å². The van der Waals surface area contributed by atoms with E-state index in [1.807, 2.05) is 13.8 Å². The van der Waals surface area contributed by atoms with Gasteiger partial charge in [-0.1, -0.05) is 40.5 Å². The normalized spacial score (nSPS) is 20.6. The molecular formula is C22H43FN2O. The molecule has 1 saturated carbocycles. The third-order valence-electron chi connectivity index (χ3n) is 5.55. The van der Waals surface area contributed by atoms with Crippen LogP contribution < -0.4 is 5.32 Å². The van der Waals surface area contributed by atoms with Crippen LogP contribution in [0.2, 0.25) is 0 Å². The average molecular weight is 371 g/mol. The molecule has 0 radical (unpaired) electrons. The molecule has 1 N–H and O–H groups in total. The molecule has 1 aliphatic carbocycles. The zero-order chi connectivity index (χ0) is 19.8. The first-order valence-corrected chi connectivity index (χ1v) is 10.8. The molecule has 2 aliphatic rings. The summed E-state index contributed by atoms with van der Waals surface area (Å²) in [7, 11) is 0. The van der Waals surface area contributed by atoms with E-state index < -0.39 is 5.67 Å². The SMILES string of the molecule is CC.CC(C)(F)CC(C)(C)CN1CCC(CNC(=O)C2CCCC2)CC1. The molecule has 2 fully saturated rings. The van der Waals surface area contributed by atoms with Crippen LogP contribution in [0.15, 0.2) is 0 Å². The van der Waals surface area contributed by atoms with Gasteiger partial charge in [-0.05, 0) is 70.4 Å². The van der Waals surface area contributed by atoms with Gasteiger partial charge in [-0.3, -0.25) is 4.79 Å². The Morgan fingerprint density at radius 3 is 2.08 bits per heavy atom. The first kappa shape index (κ1) is 23.4. The molecule has 2 rings (SSSR count). The Hall–Kier alpha value is -0.640. The molecule has 0 unspecified atom stereocenters. The summed E-state index contributed by atoms with van der Waals surface area (Å²) in [4.78, 5) is 14.6. The second-order valence-corrected chi connectivity index (χ2v) is 9.51. The maximum absolute atomic E-state index is 13.9. The number of alkyl halides is 1. The van der Waals surface area contributed by atoms with Crippen molar-refractivity contribution in [3.63, 3.8) is 0 Å². The van der Waals surface area contributed by atoms with Crippen LogP contribution in [-0.2, 0) is 4.79 Å². The molecule has 0 aromatic rings. The van der Waals surface area contributed by atoms with E-state index in [1.54, 1.807) is 13.8 Å². The first-order chi connectivity index (χ1) is 12.1. The Morgan fingerprint density at radius 2 is 1.58 bits per heavy atom. The van der Waals surface area contributed by atoms with Crippen molar-refractivity contribution in [1.82, 2.24) is 10.2 Å². The van der Waals surface area contributed by atoms with Gasteiger partial charge in [-0.15, -0.1) is 0 Å². The van der Waals surface area contributed by atoms with E-state index in [4.69, 9.17) is 0 Å². The number of nitrogens with one attached hydrogen (secondary N) is 1. The number of piperidine rings is 1. The van der Waals surface area contributed by atoms with Crippen LogP contribution in [0.3, 0.4) is 0 Å². The Labute approximate surface area is 161 Å². The molecule has 154 valence electrons. The Balaban J connectivity index is 0.00000163. The van der Waals surface area contributed by atoms with Crippen LogP contribution in [0.4, 0.5) is 4.39 Å². The third kappa shape index (κ3) is 8.83. The lowest BCUT2D eigenvalue weighted by Gasteiger charge is -2.39. The second kappa shape index (κ2) is 10.6. The molecule has 0 aromatic carbocycles. The minimum atomic E-state index is -1.10. The highest BCUT2D eigenvalue weighted by Crippen LogP contribution is 2.32. The second-order valence-electron chi connectivity index (χ2n) is 9.51. The Bertz CT molecular complexity index is 403. The van der Waals surface area contributed by atoms with Crippen LogP contribution in [-0.4, -0.2) is 42.7 Å². The van der Waals surface area contributed by atoms with E-state index in [1.165, 1.54) is 12.8 Å². The van der Waals surface area contributed by atoms with E-state index in [0.717, 1.165) is 51.9 Å². The van der Waals surface area contributed by atoms with Crippen molar-refractivity contribution < 1.29 is 9.18 Å². The first-order valence-electron chi connectivity index (χ1n) is 10.8. The largest absolute Gasteiger partial charge is 0.356 e. The molecule has 1 amide bonds. The van der Waals surface area contributed by atoms with Gasteiger partial charge >= 0.3 is 0 Å². The molecular weight excluding hydrogens is 327 g/mol. The van der Waals surface area contributed by atoms with Gasteiger partial charge in [0.25, 0.3) is 0 Å². The van der Waals surface area contributed by atoms with Crippen molar-refractivity contribution >= 4 is 5.91 Å². The monoisotopic (exact) mass is 370 g/mol. The highest BCUT2D eigenvalue weighted by molar-refractivity contribution is 5.78. The van der Waals surface area contributed by atoms with Gasteiger partial charge in [-0.2, -0.15) is 0 Å². The van der Waals surface area contributed by atoms with Gasteiger partial charge < -0.3 is 10.2 Å². The molecule has 0 spiro atoms. The topological polar surface area (TPSA) is 32.3 Å². The fourth-order valence-electron chi connectivity index (χ4n) is 4.73. The fourth-order valence-corrected chi connectivity index (χ4v) is 4.73. The van der Waals surface area contributed by atoms with E-state index >= 15 is 0 Å². The highest BCUT2D eigenvalue weighted by atomic mass is 19.1. The summed E-state index contributed by atoms with van der Waals surface area (Å²) in [5, 5.41) is 3.18. The van der Waals surface area contributed by atoms with Crippen molar-refractivity contribution in [2.45, 2.75) is 92.2 Å². The standard InChI is InChI=1S/C20H37FN2O.C2H6/c1-19(2,14-20(3,4)21)15-23-11-9-16(10-12-23)13-22-18(24)17-7-5-6-8-17;1-2/h16-17H,5-15H2,1-4H3,(H,22,24);1-2H3. The summed E-state index contributed by atoms with van der Waals surface area (Å²) >= 11 is 0. The number of amides is 1. The van der Waals surface area contributed by atoms with E-state index in [-0.39, 0.29) is 17.2 Å². The van der Waals surface area contributed by atoms with Gasteiger partial charge in [0.05, 0.1) is 0 Å². The lowest BCUT2D eigenvalue weighted by molar-refractivity contribution is -0.125. The van der Waals surface area contributed by atoms with Crippen LogP contribution in [0.25, 0.3) is 0 Å². The lowest BCUT2D eigenvalue weighted by atomic mass is 9.81. The van der Waals surface area contributed by atoms with Gasteiger partial charge in [-0.25, -0.2) is 4.39 Å². The van der Waals surface area contributed by atoms with Gasteiger partial charge in [0, 0.05) is 19.0 Å². The zero-order valence-corrected chi connectivity index (χ0v) is 18.2. The molecule has 0 atom stereocenters. The number of rotatable bonds is 7. The number of carbonyl (C=O) groups is 1. The predicted molar refractivity (Wildman–Crippen MR) is 109 cm³/mol.